The van der Waals surface area contributed by atoms with Gasteiger partial charge in [0.1, 0.15) is 19.0 Å². The molecule has 0 radical (unpaired) electrons. The van der Waals surface area contributed by atoms with Gasteiger partial charge in [-0.3, -0.25) is 34.9 Å². The quantitative estimate of drug-likeness (QED) is 0.139. The predicted octanol–water partition coefficient (Wildman–Crippen LogP) is 28.5. The van der Waals surface area contributed by atoms with E-state index in [0.717, 1.165) is 88.3 Å². The normalized spacial score (nSPS) is 9.15. The molecule has 0 fully saturated rings. The molecular formula is C102H129N15. The van der Waals surface area contributed by atoms with Crippen LogP contribution in [-0.4, -0.2) is 74.8 Å². The first-order chi connectivity index (χ1) is 57.4. The van der Waals surface area contributed by atoms with Gasteiger partial charge in [-0.25, -0.2) is 39.9 Å². The Hall–Kier alpha value is -12.8. The molecule has 15 nitrogen and oxygen atoms in total. The van der Waals surface area contributed by atoms with Gasteiger partial charge in [-0.1, -0.05) is 252 Å². The number of benzene rings is 7. The van der Waals surface area contributed by atoms with Crippen molar-refractivity contribution < 1.29 is 0 Å². The van der Waals surface area contributed by atoms with Crippen LogP contribution in [0.1, 0.15) is 175 Å². The highest BCUT2D eigenvalue weighted by molar-refractivity contribution is 5.87. The van der Waals surface area contributed by atoms with Gasteiger partial charge < -0.3 is 0 Å². The van der Waals surface area contributed by atoms with Crippen molar-refractivity contribution in [2.24, 2.45) is 0 Å². The van der Waals surface area contributed by atoms with Crippen LogP contribution in [0.5, 0.6) is 0 Å². The van der Waals surface area contributed by atoms with Gasteiger partial charge >= 0.3 is 0 Å². The summed E-state index contributed by atoms with van der Waals surface area (Å²) in [5.41, 5.74) is 18.5. The minimum absolute atomic E-state index is 0.826. The molecule has 15 heteroatoms. The Labute approximate surface area is 699 Å². The fraction of sp³-hybridized carbons (Fsp3) is 0.265. The van der Waals surface area contributed by atoms with Crippen LogP contribution in [0, 0.1) is 62.3 Å². The van der Waals surface area contributed by atoms with Crippen LogP contribution in [0.4, 0.5) is 0 Å². The lowest BCUT2D eigenvalue weighted by atomic mass is 10.1. The minimum Gasteiger partial charge on any atom is -0.264 e. The van der Waals surface area contributed by atoms with E-state index in [4.69, 9.17) is 0 Å². The lowest BCUT2D eigenvalue weighted by molar-refractivity contribution is 1.15. The molecule has 0 aliphatic carbocycles. The fourth-order valence-electron chi connectivity index (χ4n) is 10.6. The van der Waals surface area contributed by atoms with Gasteiger partial charge in [0.25, 0.3) is 0 Å². The molecule has 117 heavy (non-hydrogen) atoms. The number of aryl methyl sites for hydroxylation is 9. The maximum absolute atomic E-state index is 4.24. The molecule has 11 aromatic heterocycles. The van der Waals surface area contributed by atoms with Gasteiger partial charge in [-0.2, -0.15) is 0 Å². The molecule has 0 amide bonds. The summed E-state index contributed by atoms with van der Waals surface area (Å²) in [6.07, 6.45) is 26.4. The van der Waals surface area contributed by atoms with E-state index in [9.17, 15) is 0 Å². The Morgan fingerprint density at radius 2 is 0.556 bits per heavy atom. The lowest BCUT2D eigenvalue weighted by Gasteiger charge is -1.98. The Bertz CT molecular complexity index is 4490. The molecular weight excluding hydrogens is 1440 g/mol. The van der Waals surface area contributed by atoms with Crippen molar-refractivity contribution in [3.05, 3.63) is 344 Å². The van der Waals surface area contributed by atoms with E-state index < -0.39 is 0 Å². The average Bonchev–Trinajstić information content (AvgIpc) is 0.923. The van der Waals surface area contributed by atoms with E-state index in [1.54, 1.807) is 56.2 Å². The van der Waals surface area contributed by atoms with Gasteiger partial charge in [0, 0.05) is 135 Å². The molecule has 0 spiro atoms. The van der Waals surface area contributed by atoms with Gasteiger partial charge in [-0.05, 0) is 179 Å². The molecule has 18 aromatic rings. The fourth-order valence-corrected chi connectivity index (χ4v) is 10.6. The van der Waals surface area contributed by atoms with Crippen LogP contribution in [0.15, 0.2) is 294 Å². The van der Waals surface area contributed by atoms with Crippen molar-refractivity contribution in [1.29, 1.82) is 0 Å². The van der Waals surface area contributed by atoms with Crippen molar-refractivity contribution in [1.82, 2.24) is 74.8 Å². The maximum Gasteiger partial charge on any atom is 0.159 e. The second kappa shape index (κ2) is 62.7. The lowest BCUT2D eigenvalue weighted by Crippen LogP contribution is -1.85. The third-order valence-corrected chi connectivity index (χ3v) is 16.0. The van der Waals surface area contributed by atoms with E-state index >= 15 is 0 Å². The molecule has 0 unspecified atom stereocenters. The predicted molar refractivity (Wildman–Crippen MR) is 507 cm³/mol. The number of nitrogens with zero attached hydrogens (tertiary/aromatic N) is 15. The van der Waals surface area contributed by atoms with E-state index in [2.05, 4.69) is 158 Å². The number of hydrogen-bond donors (Lipinski definition) is 0. The highest BCUT2D eigenvalue weighted by atomic mass is 14.8. The second-order valence-electron chi connectivity index (χ2n) is 23.0. The van der Waals surface area contributed by atoms with E-state index in [0.29, 0.717) is 0 Å². The average molecular weight is 1570 g/mol. The molecule has 0 saturated heterocycles. The largest absolute Gasteiger partial charge is 0.264 e. The number of rotatable bonds is 0. The number of pyridine rings is 7. The molecule has 0 aliphatic rings. The van der Waals surface area contributed by atoms with Crippen LogP contribution in [0.3, 0.4) is 0 Å². The summed E-state index contributed by atoms with van der Waals surface area (Å²) in [5.74, 6) is 0. The minimum atomic E-state index is 0.826. The summed E-state index contributed by atoms with van der Waals surface area (Å²) in [4.78, 5) is 62.0. The zero-order chi connectivity index (χ0) is 87.1. The second-order valence-corrected chi connectivity index (χ2v) is 23.0. The SMILES string of the molecule is CC.CC.CC.CC.CC.CC.CC.CC.CC.Cc1cccc2cncnc12.Cc1cccc2nccnc12.Cc1cccc2ncncc12.Cc1ccnc2ccccc12.Cc1ccnc2ncccc12.Cc1cncc2ccccc12.Cc1nccc2ccccc12.Cc1nccc2ncccc12.Cc1ncnc2ccccc12. The number of hydrogen-bond acceptors (Lipinski definition) is 15. The molecule has 0 saturated carbocycles. The van der Waals surface area contributed by atoms with Gasteiger partial charge in [0.2, 0.25) is 0 Å². The van der Waals surface area contributed by atoms with Crippen molar-refractivity contribution in [2.75, 3.05) is 0 Å². The highest BCUT2D eigenvalue weighted by Crippen LogP contribution is 2.20. The summed E-state index contributed by atoms with van der Waals surface area (Å²) >= 11 is 0. The molecule has 11 heterocycles. The summed E-state index contributed by atoms with van der Waals surface area (Å²) in [5, 5.41) is 11.9. The van der Waals surface area contributed by atoms with Crippen LogP contribution >= 0.6 is 0 Å². The van der Waals surface area contributed by atoms with Gasteiger partial charge in [0.15, 0.2) is 5.65 Å². The highest BCUT2D eigenvalue weighted by Gasteiger charge is 2.02. The molecule has 7 aromatic carbocycles. The van der Waals surface area contributed by atoms with Crippen LogP contribution in [0.2, 0.25) is 0 Å². The third kappa shape index (κ3) is 34.1. The maximum atomic E-state index is 4.24. The number of fused-ring (bicyclic) bond motifs is 9. The molecule has 18 rings (SSSR count). The van der Waals surface area contributed by atoms with Crippen LogP contribution in [0.25, 0.3) is 98.1 Å². The van der Waals surface area contributed by atoms with Gasteiger partial charge in [0.05, 0.1) is 38.6 Å². The van der Waals surface area contributed by atoms with Gasteiger partial charge in [-0.15, -0.1) is 0 Å². The molecule has 0 bridgehead atoms. The number of aromatic nitrogens is 15. The van der Waals surface area contributed by atoms with E-state index in [1.807, 2.05) is 341 Å². The smallest absolute Gasteiger partial charge is 0.159 e. The first-order valence-corrected chi connectivity index (χ1v) is 41.3. The standard InChI is InChI=1S/3C10H9N.6C9H8N2.9C2H6/c1-8-6-11-7-9-4-2-3-5-10(8)9;1-8-10-5-3-2-4-9(10)6-7-11-8;1-8-6-7-11-10-5-3-2-4-9(8)10;1-7-8-3-2-5-11-9(8)4-6-10-7;1-7-4-6-11-9-8(7)3-2-5-10-9;1-7-3-2-4-9-8(7)5-10-6-11-9;1-7-3-2-4-8-5-10-6-11-9(7)8;1-7-3-2-4-8-9(7)11-6-5-10-8;1-7-8-4-2-3-5-9(8)11-6-10-7;9*1-2/h3*2-7H,1H3;6*2-6H,1H3;9*1-2H3. The Morgan fingerprint density at radius 3 is 1.15 bits per heavy atom. The molecule has 0 aliphatic heterocycles. The zero-order valence-electron chi connectivity index (χ0n) is 74.9. The molecule has 0 atom stereocenters. The van der Waals surface area contributed by atoms with Crippen LogP contribution in [-0.2, 0) is 0 Å². The zero-order valence-corrected chi connectivity index (χ0v) is 74.9. The molecule has 612 valence electrons. The first kappa shape index (κ1) is 102. The molecule has 0 N–H and O–H groups in total. The third-order valence-electron chi connectivity index (χ3n) is 16.0. The van der Waals surface area contributed by atoms with Crippen molar-refractivity contribution >= 4 is 98.1 Å². The first-order valence-electron chi connectivity index (χ1n) is 41.3. The monoisotopic (exact) mass is 1560 g/mol. The van der Waals surface area contributed by atoms with E-state index in [1.165, 1.54) is 60.3 Å². The van der Waals surface area contributed by atoms with E-state index in [-0.39, 0.29) is 0 Å². The van der Waals surface area contributed by atoms with Crippen molar-refractivity contribution in [3.63, 3.8) is 0 Å². The summed E-state index contributed by atoms with van der Waals surface area (Å²) < 4.78 is 0. The Balaban J connectivity index is 0.000000642. The van der Waals surface area contributed by atoms with Crippen LogP contribution < -0.4 is 0 Å². The summed E-state index contributed by atoms with van der Waals surface area (Å²) in [7, 11) is 0. The Morgan fingerprint density at radius 1 is 0.171 bits per heavy atom. The Kier molecular flexibility index (Phi) is 54.8. The van der Waals surface area contributed by atoms with Crippen molar-refractivity contribution in [3.8, 4) is 0 Å². The van der Waals surface area contributed by atoms with Crippen molar-refractivity contribution in [2.45, 2.75) is 187 Å². The topological polar surface area (TPSA) is 193 Å². The summed E-state index contributed by atoms with van der Waals surface area (Å²) in [6.45, 7) is 54.4. The summed E-state index contributed by atoms with van der Waals surface area (Å²) in [6, 6.07) is 66.8. The number of para-hydroxylation sites is 4.